The van der Waals surface area contributed by atoms with Gasteiger partial charge in [0.1, 0.15) is 5.56 Å². The molecule has 6 heteroatoms. The maximum Gasteiger partial charge on any atom is 0.341 e. The van der Waals surface area contributed by atoms with Crippen LogP contribution in [0.1, 0.15) is 15.9 Å². The normalized spacial score (nSPS) is 10.3. The van der Waals surface area contributed by atoms with Crippen LogP contribution in [0, 0.1) is 6.92 Å². The van der Waals surface area contributed by atoms with E-state index in [0.29, 0.717) is 11.3 Å². The Morgan fingerprint density at radius 2 is 2.17 bits per heavy atom. The van der Waals surface area contributed by atoms with Gasteiger partial charge in [0.15, 0.2) is 12.4 Å². The number of pyridine rings is 2. The third-order valence-electron chi connectivity index (χ3n) is 2.49. The number of carboxylic acids is 1. The van der Waals surface area contributed by atoms with Gasteiger partial charge in [-0.25, -0.2) is 4.79 Å². The van der Waals surface area contributed by atoms with Crippen molar-refractivity contribution in [2.24, 2.45) is 0 Å². The number of carboxylic acid groups (broad SMARTS) is 1. The standard InChI is InChI=1S/C12H10N2O4/c1-7-5-9(15)13-11(16)10(7)14-4-2-3-8(6-14)12(17)18/h2-6H,1H3,(H2-,13,15,16,17,18)/p+1. The van der Waals surface area contributed by atoms with Gasteiger partial charge >= 0.3 is 5.97 Å². The molecule has 6 nitrogen and oxygen atoms in total. The number of hydrogen-bond acceptors (Lipinski definition) is 3. The van der Waals surface area contributed by atoms with Crippen molar-refractivity contribution in [1.29, 1.82) is 0 Å². The van der Waals surface area contributed by atoms with Gasteiger partial charge in [-0.05, 0) is 13.0 Å². The summed E-state index contributed by atoms with van der Waals surface area (Å²) in [6.45, 7) is 1.66. The summed E-state index contributed by atoms with van der Waals surface area (Å²) < 4.78 is 1.45. The van der Waals surface area contributed by atoms with E-state index >= 15 is 0 Å². The molecule has 0 saturated heterocycles. The molecule has 0 atom stereocenters. The summed E-state index contributed by atoms with van der Waals surface area (Å²) in [6.07, 6.45) is 2.95. The highest BCUT2D eigenvalue weighted by atomic mass is 16.4. The first-order chi connectivity index (χ1) is 8.49. The van der Waals surface area contributed by atoms with Crippen LogP contribution in [0.4, 0.5) is 0 Å². The Labute approximate surface area is 102 Å². The van der Waals surface area contributed by atoms with Gasteiger partial charge in [0.2, 0.25) is 0 Å². The lowest BCUT2D eigenvalue weighted by atomic mass is 10.2. The molecular weight excluding hydrogens is 236 g/mol. The van der Waals surface area contributed by atoms with E-state index in [-0.39, 0.29) is 11.4 Å². The van der Waals surface area contributed by atoms with Gasteiger partial charge in [-0.1, -0.05) is 0 Å². The van der Waals surface area contributed by atoms with E-state index in [1.54, 1.807) is 19.2 Å². The van der Waals surface area contributed by atoms with E-state index in [2.05, 4.69) is 4.98 Å². The van der Waals surface area contributed by atoms with Gasteiger partial charge in [-0.15, -0.1) is 0 Å². The summed E-state index contributed by atoms with van der Waals surface area (Å²) >= 11 is 0. The third kappa shape index (κ3) is 2.08. The minimum absolute atomic E-state index is 0.0856. The van der Waals surface area contributed by atoms with Gasteiger partial charge in [0.05, 0.1) is 0 Å². The van der Waals surface area contributed by atoms with Crippen LogP contribution in [0.15, 0.2) is 35.4 Å². The Kier molecular flexibility index (Phi) is 2.85. The van der Waals surface area contributed by atoms with E-state index in [1.165, 1.54) is 22.9 Å². The molecule has 0 unspecified atom stereocenters. The lowest BCUT2D eigenvalue weighted by Gasteiger charge is -2.02. The van der Waals surface area contributed by atoms with E-state index < -0.39 is 11.5 Å². The SMILES string of the molecule is Cc1cc(=O)[nH]c(O)c1-[n+]1cccc(C(=O)O)c1. The summed E-state index contributed by atoms with van der Waals surface area (Å²) in [5.41, 5.74) is 0.563. The Bertz CT molecular complexity index is 650. The number of aromatic nitrogens is 2. The van der Waals surface area contributed by atoms with Crippen LogP contribution in [-0.4, -0.2) is 21.2 Å². The van der Waals surface area contributed by atoms with Gasteiger partial charge in [-0.3, -0.25) is 9.78 Å². The molecule has 0 radical (unpaired) electrons. The van der Waals surface area contributed by atoms with Crippen molar-refractivity contribution in [2.75, 3.05) is 0 Å². The Hall–Kier alpha value is -2.63. The third-order valence-corrected chi connectivity index (χ3v) is 2.49. The van der Waals surface area contributed by atoms with Crippen LogP contribution in [0.3, 0.4) is 0 Å². The zero-order valence-corrected chi connectivity index (χ0v) is 9.54. The highest BCUT2D eigenvalue weighted by molar-refractivity contribution is 5.86. The molecule has 0 aliphatic rings. The van der Waals surface area contributed by atoms with Crippen LogP contribution in [0.2, 0.25) is 0 Å². The molecule has 0 fully saturated rings. The highest BCUT2D eigenvalue weighted by Crippen LogP contribution is 2.15. The van der Waals surface area contributed by atoms with Crippen LogP contribution in [0.5, 0.6) is 5.88 Å². The summed E-state index contributed by atoms with van der Waals surface area (Å²) in [5, 5.41) is 18.6. The molecule has 2 aromatic rings. The maximum absolute atomic E-state index is 11.2. The minimum Gasteiger partial charge on any atom is -0.490 e. The second-order valence-corrected chi connectivity index (χ2v) is 3.82. The van der Waals surface area contributed by atoms with E-state index in [9.17, 15) is 14.7 Å². The number of hydrogen-bond donors (Lipinski definition) is 3. The molecule has 18 heavy (non-hydrogen) atoms. The second-order valence-electron chi connectivity index (χ2n) is 3.82. The largest absolute Gasteiger partial charge is 0.490 e. The number of H-pyrrole nitrogens is 1. The smallest absolute Gasteiger partial charge is 0.341 e. The Morgan fingerprint density at radius 1 is 1.44 bits per heavy atom. The predicted octanol–water partition coefficient (Wildman–Crippen LogP) is 0.364. The molecule has 92 valence electrons. The first-order valence-electron chi connectivity index (χ1n) is 5.17. The molecule has 3 N–H and O–H groups in total. The fraction of sp³-hybridized carbons (Fsp3) is 0.0833. The van der Waals surface area contributed by atoms with Crippen molar-refractivity contribution in [2.45, 2.75) is 6.92 Å². The lowest BCUT2D eigenvalue weighted by Crippen LogP contribution is -2.33. The maximum atomic E-state index is 11.2. The zero-order chi connectivity index (χ0) is 13.3. The summed E-state index contributed by atoms with van der Waals surface area (Å²) in [5.74, 6) is -1.36. The molecular formula is C12H11N2O4+. The Balaban J connectivity index is 2.66. The number of carbonyl (C=O) groups is 1. The number of nitrogens with zero attached hydrogens (tertiary/aromatic N) is 1. The molecule has 0 aromatic carbocycles. The van der Waals surface area contributed by atoms with Crippen molar-refractivity contribution in [3.8, 4) is 11.6 Å². The van der Waals surface area contributed by atoms with Gasteiger partial charge in [0.25, 0.3) is 17.1 Å². The molecule has 0 saturated carbocycles. The first kappa shape index (κ1) is 11.8. The van der Waals surface area contributed by atoms with Crippen molar-refractivity contribution in [3.63, 3.8) is 0 Å². The fourth-order valence-corrected chi connectivity index (χ4v) is 1.73. The number of aromatic hydroxyl groups is 1. The van der Waals surface area contributed by atoms with E-state index in [4.69, 9.17) is 5.11 Å². The van der Waals surface area contributed by atoms with Gasteiger partial charge < -0.3 is 10.2 Å². The van der Waals surface area contributed by atoms with Crippen molar-refractivity contribution < 1.29 is 19.6 Å². The number of nitrogens with one attached hydrogen (secondary N) is 1. The van der Waals surface area contributed by atoms with Gasteiger partial charge in [0, 0.05) is 17.7 Å². The molecule has 2 rings (SSSR count). The Morgan fingerprint density at radius 3 is 2.78 bits per heavy atom. The monoisotopic (exact) mass is 247 g/mol. The van der Waals surface area contributed by atoms with Crippen LogP contribution >= 0.6 is 0 Å². The van der Waals surface area contributed by atoms with Crippen LogP contribution in [-0.2, 0) is 0 Å². The number of aromatic carboxylic acids is 1. The molecule has 2 aromatic heterocycles. The zero-order valence-electron chi connectivity index (χ0n) is 9.54. The van der Waals surface area contributed by atoms with E-state index in [0.717, 1.165) is 0 Å². The van der Waals surface area contributed by atoms with Crippen molar-refractivity contribution >= 4 is 5.97 Å². The molecule has 0 bridgehead atoms. The average Bonchev–Trinajstić information content (AvgIpc) is 2.28. The van der Waals surface area contributed by atoms with Crippen molar-refractivity contribution in [1.82, 2.24) is 4.98 Å². The second kappa shape index (κ2) is 4.33. The predicted molar refractivity (Wildman–Crippen MR) is 62.0 cm³/mol. The number of aromatic amines is 1. The lowest BCUT2D eigenvalue weighted by molar-refractivity contribution is -0.597. The van der Waals surface area contributed by atoms with E-state index in [1.807, 2.05) is 0 Å². The number of aryl methyl sites for hydroxylation is 1. The molecule has 0 amide bonds. The fourth-order valence-electron chi connectivity index (χ4n) is 1.73. The first-order valence-corrected chi connectivity index (χ1v) is 5.17. The molecule has 0 spiro atoms. The quantitative estimate of drug-likeness (QED) is 0.668. The highest BCUT2D eigenvalue weighted by Gasteiger charge is 2.19. The summed E-state index contributed by atoms with van der Waals surface area (Å²) in [6, 6.07) is 4.32. The van der Waals surface area contributed by atoms with Crippen LogP contribution < -0.4 is 10.1 Å². The van der Waals surface area contributed by atoms with Gasteiger partial charge in [-0.2, -0.15) is 4.57 Å². The minimum atomic E-state index is -1.06. The van der Waals surface area contributed by atoms with Crippen molar-refractivity contribution in [3.05, 3.63) is 52.1 Å². The topological polar surface area (TPSA) is 94.3 Å². The summed E-state index contributed by atoms with van der Waals surface area (Å²) in [4.78, 5) is 24.3. The molecule has 0 aliphatic carbocycles. The number of rotatable bonds is 2. The summed E-state index contributed by atoms with van der Waals surface area (Å²) in [7, 11) is 0. The molecule has 2 heterocycles. The average molecular weight is 247 g/mol. The van der Waals surface area contributed by atoms with Crippen LogP contribution in [0.25, 0.3) is 5.69 Å². The molecule has 0 aliphatic heterocycles.